The maximum Gasteiger partial charge on any atom is 0.225 e. The molecule has 2 aliphatic rings. The summed E-state index contributed by atoms with van der Waals surface area (Å²) >= 11 is 0. The first-order chi connectivity index (χ1) is 13.1. The number of piperidine rings is 1. The van der Waals surface area contributed by atoms with E-state index in [1.165, 1.54) is 0 Å². The van der Waals surface area contributed by atoms with Gasteiger partial charge in [-0.15, -0.1) is 12.3 Å². The SMILES string of the molecule is C#CCCC1(CCNC(=O)[C@H]2CCC(=O)N(CC)[C@@H]2c2ccncc2)N=N1. The van der Waals surface area contributed by atoms with Gasteiger partial charge in [-0.1, -0.05) is 0 Å². The number of amides is 2. The second kappa shape index (κ2) is 8.30. The summed E-state index contributed by atoms with van der Waals surface area (Å²) < 4.78 is 0. The van der Waals surface area contributed by atoms with Gasteiger partial charge in [0, 0.05) is 51.2 Å². The standard InChI is InChI=1S/C20H25N5O2/c1-3-5-10-20(23-24-20)11-14-22-19(27)16-6-7-17(26)25(4-2)18(16)15-8-12-21-13-9-15/h1,8-9,12-13,16,18H,4-7,10-11,14H2,2H3,(H,22,27)/t16-,18+/m0/s1. The van der Waals surface area contributed by atoms with Crippen molar-refractivity contribution < 1.29 is 9.59 Å². The van der Waals surface area contributed by atoms with Gasteiger partial charge < -0.3 is 10.2 Å². The minimum Gasteiger partial charge on any atom is -0.356 e. The molecule has 0 spiro atoms. The minimum absolute atomic E-state index is 0.0319. The van der Waals surface area contributed by atoms with Gasteiger partial charge in [-0.25, -0.2) is 0 Å². The number of nitrogens with one attached hydrogen (secondary N) is 1. The average Bonchev–Trinajstić information content (AvgIpc) is 3.46. The summed E-state index contributed by atoms with van der Waals surface area (Å²) in [5.41, 5.74) is 0.542. The summed E-state index contributed by atoms with van der Waals surface area (Å²) in [5.74, 6) is 2.38. The summed E-state index contributed by atoms with van der Waals surface area (Å²) in [6, 6.07) is 3.50. The third-order valence-corrected chi connectivity index (χ3v) is 5.31. The number of rotatable bonds is 8. The maximum absolute atomic E-state index is 12.9. The quantitative estimate of drug-likeness (QED) is 0.716. The molecule has 2 amide bonds. The van der Waals surface area contributed by atoms with Crippen molar-refractivity contribution >= 4 is 11.8 Å². The summed E-state index contributed by atoms with van der Waals surface area (Å²) in [6.45, 7) is 3.01. The van der Waals surface area contributed by atoms with E-state index in [0.29, 0.717) is 38.8 Å². The van der Waals surface area contributed by atoms with E-state index in [1.807, 2.05) is 19.1 Å². The van der Waals surface area contributed by atoms with Gasteiger partial charge in [0.1, 0.15) is 0 Å². The summed E-state index contributed by atoms with van der Waals surface area (Å²) in [4.78, 5) is 31.1. The lowest BCUT2D eigenvalue weighted by atomic mass is 9.84. The van der Waals surface area contributed by atoms with Crippen LogP contribution in [0.2, 0.25) is 0 Å². The lowest BCUT2D eigenvalue weighted by molar-refractivity contribution is -0.143. The number of hydrogen-bond acceptors (Lipinski definition) is 5. The van der Waals surface area contributed by atoms with E-state index in [2.05, 4.69) is 26.4 Å². The fourth-order valence-electron chi connectivity index (χ4n) is 3.76. The number of nitrogens with zero attached hydrogens (tertiary/aromatic N) is 4. The van der Waals surface area contributed by atoms with Gasteiger partial charge >= 0.3 is 0 Å². The maximum atomic E-state index is 12.9. The van der Waals surface area contributed by atoms with E-state index < -0.39 is 5.66 Å². The molecule has 1 N–H and O–H groups in total. The number of aromatic nitrogens is 1. The van der Waals surface area contributed by atoms with Gasteiger partial charge in [-0.05, 0) is 31.0 Å². The third-order valence-electron chi connectivity index (χ3n) is 5.31. The van der Waals surface area contributed by atoms with Crippen LogP contribution in [0.1, 0.15) is 50.6 Å². The number of pyridine rings is 1. The summed E-state index contributed by atoms with van der Waals surface area (Å²) in [6.07, 6.45) is 11.6. The Labute approximate surface area is 159 Å². The minimum atomic E-state index is -0.401. The molecule has 0 aliphatic carbocycles. The van der Waals surface area contributed by atoms with Gasteiger partial charge in [0.15, 0.2) is 5.66 Å². The van der Waals surface area contributed by atoms with Crippen molar-refractivity contribution in [2.45, 2.75) is 50.7 Å². The van der Waals surface area contributed by atoms with Crippen LogP contribution < -0.4 is 5.32 Å². The predicted molar refractivity (Wildman–Crippen MR) is 100 cm³/mol. The van der Waals surface area contributed by atoms with Crippen molar-refractivity contribution in [2.75, 3.05) is 13.1 Å². The Bertz CT molecular complexity index is 749. The molecule has 27 heavy (non-hydrogen) atoms. The number of terminal acetylenes is 1. The van der Waals surface area contributed by atoms with Crippen LogP contribution in [0.25, 0.3) is 0 Å². The zero-order valence-corrected chi connectivity index (χ0v) is 15.6. The zero-order chi connectivity index (χ0) is 19.3. The van der Waals surface area contributed by atoms with Crippen LogP contribution >= 0.6 is 0 Å². The van der Waals surface area contributed by atoms with E-state index in [0.717, 1.165) is 12.0 Å². The molecule has 1 aromatic heterocycles. The molecular weight excluding hydrogens is 342 g/mol. The number of carbonyl (C=O) groups excluding carboxylic acids is 2. The Morgan fingerprint density at radius 2 is 2.11 bits per heavy atom. The molecule has 3 rings (SSSR count). The van der Waals surface area contributed by atoms with Crippen LogP contribution in [0.5, 0.6) is 0 Å². The van der Waals surface area contributed by atoms with E-state index in [-0.39, 0.29) is 23.8 Å². The van der Waals surface area contributed by atoms with Crippen molar-refractivity contribution in [3.8, 4) is 12.3 Å². The first-order valence-electron chi connectivity index (χ1n) is 9.45. The van der Waals surface area contributed by atoms with Crippen LogP contribution in [-0.2, 0) is 9.59 Å². The molecule has 142 valence electrons. The van der Waals surface area contributed by atoms with Gasteiger partial charge in [0.25, 0.3) is 0 Å². The molecule has 3 heterocycles. The highest BCUT2D eigenvalue weighted by Crippen LogP contribution is 2.38. The topological polar surface area (TPSA) is 87.0 Å². The van der Waals surface area contributed by atoms with Crippen molar-refractivity contribution in [2.24, 2.45) is 16.1 Å². The first-order valence-corrected chi connectivity index (χ1v) is 9.45. The second-order valence-corrected chi connectivity index (χ2v) is 6.98. The Kier molecular flexibility index (Phi) is 5.84. The molecule has 0 bridgehead atoms. The van der Waals surface area contributed by atoms with E-state index in [4.69, 9.17) is 6.42 Å². The first kappa shape index (κ1) is 19.0. The molecule has 7 nitrogen and oxygen atoms in total. The van der Waals surface area contributed by atoms with Gasteiger partial charge in [0.05, 0.1) is 12.0 Å². The number of carbonyl (C=O) groups is 2. The van der Waals surface area contributed by atoms with Crippen LogP contribution in [0, 0.1) is 18.3 Å². The smallest absolute Gasteiger partial charge is 0.225 e. The van der Waals surface area contributed by atoms with Gasteiger partial charge in [-0.2, -0.15) is 10.2 Å². The molecule has 0 saturated carbocycles. The third kappa shape index (κ3) is 4.33. The highest BCUT2D eigenvalue weighted by molar-refractivity contribution is 5.85. The monoisotopic (exact) mass is 367 g/mol. The Morgan fingerprint density at radius 1 is 1.37 bits per heavy atom. The zero-order valence-electron chi connectivity index (χ0n) is 15.6. The second-order valence-electron chi connectivity index (χ2n) is 6.98. The van der Waals surface area contributed by atoms with E-state index >= 15 is 0 Å². The molecule has 2 aliphatic heterocycles. The van der Waals surface area contributed by atoms with Crippen molar-refractivity contribution in [1.82, 2.24) is 15.2 Å². The van der Waals surface area contributed by atoms with Crippen LogP contribution in [0.4, 0.5) is 0 Å². The van der Waals surface area contributed by atoms with Crippen molar-refractivity contribution in [1.29, 1.82) is 0 Å². The normalized spacial score (nSPS) is 23.0. The molecular formula is C20H25N5O2. The number of likely N-dealkylation sites (tertiary alicyclic amines) is 1. The molecule has 1 fully saturated rings. The van der Waals surface area contributed by atoms with Crippen molar-refractivity contribution in [3.63, 3.8) is 0 Å². The van der Waals surface area contributed by atoms with Gasteiger partial charge in [-0.3, -0.25) is 14.6 Å². The summed E-state index contributed by atoms with van der Waals surface area (Å²) in [5, 5.41) is 11.2. The molecule has 0 radical (unpaired) electrons. The highest BCUT2D eigenvalue weighted by atomic mass is 16.2. The van der Waals surface area contributed by atoms with E-state index in [9.17, 15) is 9.59 Å². The lowest BCUT2D eigenvalue weighted by Crippen LogP contribution is -2.48. The number of hydrogen-bond donors (Lipinski definition) is 1. The average molecular weight is 367 g/mol. The highest BCUT2D eigenvalue weighted by Gasteiger charge is 2.41. The lowest BCUT2D eigenvalue weighted by Gasteiger charge is -2.40. The van der Waals surface area contributed by atoms with Crippen LogP contribution in [-0.4, -0.2) is 40.5 Å². The van der Waals surface area contributed by atoms with Crippen LogP contribution in [0.15, 0.2) is 34.8 Å². The molecule has 1 aromatic rings. The largest absolute Gasteiger partial charge is 0.356 e. The van der Waals surface area contributed by atoms with Crippen LogP contribution in [0.3, 0.4) is 0 Å². The van der Waals surface area contributed by atoms with Gasteiger partial charge in [0.2, 0.25) is 11.8 Å². The molecule has 0 aromatic carbocycles. The molecule has 0 unspecified atom stereocenters. The van der Waals surface area contributed by atoms with E-state index in [1.54, 1.807) is 17.3 Å². The fourth-order valence-corrected chi connectivity index (χ4v) is 3.76. The van der Waals surface area contributed by atoms with Crippen molar-refractivity contribution in [3.05, 3.63) is 30.1 Å². The fraction of sp³-hybridized carbons (Fsp3) is 0.550. The Morgan fingerprint density at radius 3 is 2.74 bits per heavy atom. The predicted octanol–water partition coefficient (Wildman–Crippen LogP) is 2.46. The Hall–Kier alpha value is -2.75. The molecule has 1 saturated heterocycles. The summed E-state index contributed by atoms with van der Waals surface area (Å²) in [7, 11) is 0. The Balaban J connectivity index is 1.65. The molecule has 7 heteroatoms. The molecule has 2 atom stereocenters.